The van der Waals surface area contributed by atoms with Crippen molar-refractivity contribution in [3.63, 3.8) is 0 Å². The number of nitrogens with zero attached hydrogens (tertiary/aromatic N) is 4. The van der Waals surface area contributed by atoms with Gasteiger partial charge >= 0.3 is 5.76 Å². The van der Waals surface area contributed by atoms with E-state index in [1.165, 1.54) is 18.2 Å². The number of carbonyl (C=O) groups excluding carboxylic acids is 1. The first-order chi connectivity index (χ1) is 17.3. The number of oxazole rings is 1. The molecular weight excluding hydrogens is 507 g/mol. The van der Waals surface area contributed by atoms with Crippen molar-refractivity contribution < 1.29 is 14.1 Å². The number of carbonyl (C=O) groups is 1. The molecular formula is C25H20Cl2N4O5. The Hall–Kier alpha value is -3.66. The molecule has 0 amide bonds. The van der Waals surface area contributed by atoms with Crippen molar-refractivity contribution in [2.24, 2.45) is 0 Å². The van der Waals surface area contributed by atoms with Crippen LogP contribution >= 0.6 is 23.2 Å². The number of halogens is 2. The summed E-state index contributed by atoms with van der Waals surface area (Å²) >= 11 is 12.0. The van der Waals surface area contributed by atoms with Crippen LogP contribution in [0.3, 0.4) is 0 Å². The topological polar surface area (TPSA) is 102 Å². The molecule has 1 fully saturated rings. The fraction of sp³-hybridized carbons (Fsp3) is 0.200. The van der Waals surface area contributed by atoms with Gasteiger partial charge in [0, 0.05) is 55.1 Å². The summed E-state index contributed by atoms with van der Waals surface area (Å²) < 4.78 is 6.99. The number of aromatic nitrogens is 1. The number of hydrogen-bond donors (Lipinski definition) is 0. The second kappa shape index (κ2) is 9.77. The second-order valence-electron chi connectivity index (χ2n) is 8.46. The highest BCUT2D eigenvalue weighted by Gasteiger charge is 2.21. The molecule has 0 radical (unpaired) electrons. The number of anilines is 1. The molecule has 0 spiro atoms. The predicted molar refractivity (Wildman–Crippen MR) is 137 cm³/mol. The zero-order chi connectivity index (χ0) is 25.4. The number of fused-ring (bicyclic) bond motifs is 1. The minimum absolute atomic E-state index is 0.0606. The summed E-state index contributed by atoms with van der Waals surface area (Å²) in [7, 11) is 0. The van der Waals surface area contributed by atoms with Gasteiger partial charge in [-0.25, -0.2) is 4.79 Å². The van der Waals surface area contributed by atoms with Gasteiger partial charge in [-0.3, -0.25) is 24.4 Å². The maximum atomic E-state index is 12.9. The third kappa shape index (κ3) is 4.73. The van der Waals surface area contributed by atoms with Gasteiger partial charge < -0.3 is 9.32 Å². The molecule has 5 rings (SSSR count). The number of nitro groups is 1. The Morgan fingerprint density at radius 1 is 0.917 bits per heavy atom. The Labute approximate surface area is 215 Å². The number of benzene rings is 3. The fourth-order valence-corrected chi connectivity index (χ4v) is 4.58. The van der Waals surface area contributed by atoms with Crippen LogP contribution in [0.4, 0.5) is 11.4 Å². The summed E-state index contributed by atoms with van der Waals surface area (Å²) in [6, 6.07) is 16.1. The Balaban J connectivity index is 1.29. The molecule has 0 saturated carbocycles. The predicted octanol–water partition coefficient (Wildman–Crippen LogP) is 4.82. The lowest BCUT2D eigenvalue weighted by molar-refractivity contribution is -0.384. The molecule has 4 aromatic rings. The largest absolute Gasteiger partial charge is 0.421 e. The molecule has 0 aliphatic carbocycles. The molecule has 36 heavy (non-hydrogen) atoms. The zero-order valence-corrected chi connectivity index (χ0v) is 20.4. The number of hydrogen-bond acceptors (Lipinski definition) is 7. The maximum Gasteiger partial charge on any atom is 0.421 e. The van der Waals surface area contributed by atoms with Crippen molar-refractivity contribution in [1.29, 1.82) is 0 Å². The second-order valence-corrected chi connectivity index (χ2v) is 9.27. The van der Waals surface area contributed by atoms with Crippen LogP contribution in [0.1, 0.15) is 15.9 Å². The van der Waals surface area contributed by atoms with E-state index in [1.54, 1.807) is 47.0 Å². The van der Waals surface area contributed by atoms with Crippen LogP contribution < -0.4 is 10.7 Å². The Kier molecular flexibility index (Phi) is 6.53. The molecule has 1 aliphatic heterocycles. The van der Waals surface area contributed by atoms with Gasteiger partial charge in [-0.1, -0.05) is 23.2 Å². The van der Waals surface area contributed by atoms with Crippen molar-refractivity contribution in [2.75, 3.05) is 31.1 Å². The molecule has 1 saturated heterocycles. The lowest BCUT2D eigenvalue weighted by Crippen LogP contribution is -2.47. The highest BCUT2D eigenvalue weighted by atomic mass is 35.5. The number of non-ortho nitro benzene ring substituents is 1. The molecule has 0 bridgehead atoms. The lowest BCUT2D eigenvalue weighted by atomic mass is 10.0. The SMILES string of the molecule is O=C(c1ccc(Cl)c(Cl)c1)c1ccc2c(c1)oc(=O)n2CN1CCN(c2ccc([N+](=O)[O-])cc2)CC1. The molecule has 1 aromatic heterocycles. The van der Waals surface area contributed by atoms with Crippen LogP contribution in [0, 0.1) is 10.1 Å². The Bertz CT molecular complexity index is 1520. The van der Waals surface area contributed by atoms with Crippen LogP contribution in [-0.2, 0) is 6.67 Å². The summed E-state index contributed by atoms with van der Waals surface area (Å²) in [5, 5.41) is 11.5. The van der Waals surface area contributed by atoms with E-state index in [4.69, 9.17) is 27.6 Å². The Morgan fingerprint density at radius 3 is 2.25 bits per heavy atom. The molecule has 184 valence electrons. The van der Waals surface area contributed by atoms with Crippen molar-refractivity contribution in [3.05, 3.63) is 103 Å². The monoisotopic (exact) mass is 526 g/mol. The van der Waals surface area contributed by atoms with E-state index >= 15 is 0 Å². The van der Waals surface area contributed by atoms with E-state index in [0.29, 0.717) is 60.1 Å². The molecule has 9 nitrogen and oxygen atoms in total. The van der Waals surface area contributed by atoms with Crippen molar-refractivity contribution in [1.82, 2.24) is 9.47 Å². The first-order valence-corrected chi connectivity index (χ1v) is 11.9. The zero-order valence-electron chi connectivity index (χ0n) is 18.9. The molecule has 1 aliphatic rings. The van der Waals surface area contributed by atoms with E-state index in [1.807, 2.05) is 0 Å². The average molecular weight is 527 g/mol. The highest BCUT2D eigenvalue weighted by Crippen LogP contribution is 2.25. The first-order valence-electron chi connectivity index (χ1n) is 11.1. The van der Waals surface area contributed by atoms with Crippen molar-refractivity contribution >= 4 is 51.5 Å². The van der Waals surface area contributed by atoms with E-state index < -0.39 is 10.7 Å². The third-order valence-corrected chi connectivity index (χ3v) is 6.99. The average Bonchev–Trinajstić information content (AvgIpc) is 3.19. The molecule has 0 atom stereocenters. The standard InChI is InChI=1S/C25H20Cl2N4O5/c26-20-7-1-16(13-21(20)27)24(32)17-2-8-22-23(14-17)36-25(33)30(22)15-28-9-11-29(12-10-28)18-3-5-19(6-4-18)31(34)35/h1-8,13-14H,9-12,15H2. The minimum atomic E-state index is -0.498. The summed E-state index contributed by atoms with van der Waals surface area (Å²) in [5.74, 6) is -0.754. The van der Waals surface area contributed by atoms with Crippen LogP contribution in [0.2, 0.25) is 10.0 Å². The quantitative estimate of drug-likeness (QED) is 0.201. The van der Waals surface area contributed by atoms with Gasteiger partial charge in [0.25, 0.3) is 5.69 Å². The molecule has 11 heteroatoms. The fourth-order valence-electron chi connectivity index (χ4n) is 4.28. The van der Waals surface area contributed by atoms with Gasteiger partial charge in [0.1, 0.15) is 0 Å². The summed E-state index contributed by atoms with van der Waals surface area (Å²) in [6.07, 6.45) is 0. The Morgan fingerprint density at radius 2 is 1.58 bits per heavy atom. The van der Waals surface area contributed by atoms with Crippen molar-refractivity contribution in [3.8, 4) is 0 Å². The number of ketones is 1. The summed E-state index contributed by atoms with van der Waals surface area (Å²) in [6.45, 7) is 3.17. The van der Waals surface area contributed by atoms with Gasteiger partial charge in [-0.15, -0.1) is 0 Å². The summed E-state index contributed by atoms with van der Waals surface area (Å²) in [4.78, 5) is 40.2. The third-order valence-electron chi connectivity index (χ3n) is 6.25. The van der Waals surface area contributed by atoms with Gasteiger partial charge in [0.05, 0.1) is 27.2 Å². The van der Waals surface area contributed by atoms with E-state index in [2.05, 4.69) is 9.80 Å². The molecule has 2 heterocycles. The van der Waals surface area contributed by atoms with Gasteiger partial charge in [-0.05, 0) is 48.5 Å². The maximum absolute atomic E-state index is 12.9. The van der Waals surface area contributed by atoms with Crippen LogP contribution in [0.15, 0.2) is 69.9 Å². The van der Waals surface area contributed by atoms with Gasteiger partial charge in [0.2, 0.25) is 0 Å². The first kappa shape index (κ1) is 24.1. The number of rotatable bonds is 6. The number of piperazine rings is 1. The van der Waals surface area contributed by atoms with Crippen molar-refractivity contribution in [2.45, 2.75) is 6.67 Å². The van der Waals surface area contributed by atoms with Crippen LogP contribution in [-0.4, -0.2) is 46.4 Å². The minimum Gasteiger partial charge on any atom is -0.408 e. The van der Waals surface area contributed by atoms with E-state index in [0.717, 1.165) is 5.69 Å². The molecule has 0 unspecified atom stereocenters. The lowest BCUT2D eigenvalue weighted by Gasteiger charge is -2.36. The molecule has 3 aromatic carbocycles. The smallest absolute Gasteiger partial charge is 0.408 e. The van der Waals surface area contributed by atoms with E-state index in [9.17, 15) is 19.7 Å². The van der Waals surface area contributed by atoms with E-state index in [-0.39, 0.29) is 16.5 Å². The van der Waals surface area contributed by atoms with Gasteiger partial charge in [-0.2, -0.15) is 0 Å². The van der Waals surface area contributed by atoms with Crippen LogP contribution in [0.25, 0.3) is 11.1 Å². The molecule has 0 N–H and O–H groups in total. The summed E-state index contributed by atoms with van der Waals surface area (Å²) in [5.41, 5.74) is 2.67. The normalized spacial score (nSPS) is 14.3. The van der Waals surface area contributed by atoms with Gasteiger partial charge in [0.15, 0.2) is 11.4 Å². The highest BCUT2D eigenvalue weighted by molar-refractivity contribution is 6.42. The van der Waals surface area contributed by atoms with Crippen LogP contribution in [0.5, 0.6) is 0 Å². The number of nitro benzene ring substituents is 1.